The second-order valence-electron chi connectivity index (χ2n) is 5.22. The third-order valence-electron chi connectivity index (χ3n) is 3.93. The number of methoxy groups -OCH3 is 2. The Morgan fingerprint density at radius 1 is 1.17 bits per heavy atom. The molecule has 0 fully saturated rings. The van der Waals surface area contributed by atoms with Crippen molar-refractivity contribution in [2.24, 2.45) is 0 Å². The molecular formula is C18H17NO5. The van der Waals surface area contributed by atoms with E-state index in [1.165, 1.54) is 14.2 Å². The number of rotatable bonds is 5. The van der Waals surface area contributed by atoms with E-state index in [9.17, 15) is 5.11 Å². The Morgan fingerprint density at radius 2 is 1.96 bits per heavy atom. The highest BCUT2D eigenvalue weighted by Crippen LogP contribution is 2.42. The van der Waals surface area contributed by atoms with Crippen molar-refractivity contribution in [1.82, 2.24) is 0 Å². The summed E-state index contributed by atoms with van der Waals surface area (Å²) < 4.78 is 21.4. The van der Waals surface area contributed by atoms with E-state index in [4.69, 9.17) is 24.2 Å². The third kappa shape index (κ3) is 2.70. The van der Waals surface area contributed by atoms with Gasteiger partial charge >= 0.3 is 0 Å². The lowest BCUT2D eigenvalue weighted by molar-refractivity contribution is 0.173. The highest BCUT2D eigenvalue weighted by molar-refractivity contribution is 5.56. The minimum atomic E-state index is -0.993. The zero-order valence-corrected chi connectivity index (χ0v) is 13.4. The van der Waals surface area contributed by atoms with Crippen LogP contribution in [0.25, 0.3) is 0 Å². The van der Waals surface area contributed by atoms with Crippen molar-refractivity contribution in [3.63, 3.8) is 0 Å². The summed E-state index contributed by atoms with van der Waals surface area (Å²) in [7, 11) is 3.03. The first-order chi connectivity index (χ1) is 11.7. The molecule has 1 N–H and O–H groups in total. The number of benzene rings is 2. The Kier molecular flexibility index (Phi) is 4.45. The van der Waals surface area contributed by atoms with Gasteiger partial charge in [-0.05, 0) is 29.3 Å². The SMILES string of the molecule is COc1ccc(CC#N)c(C(O)c2ccc3c(c2)OCO3)c1OC. The van der Waals surface area contributed by atoms with Crippen molar-refractivity contribution < 1.29 is 24.1 Å². The predicted octanol–water partition coefficient (Wildman–Crippen LogP) is 2.58. The summed E-state index contributed by atoms with van der Waals surface area (Å²) in [5.41, 5.74) is 1.81. The van der Waals surface area contributed by atoms with Crippen LogP contribution in [0.1, 0.15) is 22.8 Å². The molecule has 1 unspecified atom stereocenters. The summed E-state index contributed by atoms with van der Waals surface area (Å²) in [6, 6.07) is 10.8. The molecule has 2 aromatic rings. The number of nitriles is 1. The molecule has 124 valence electrons. The van der Waals surface area contributed by atoms with E-state index in [0.717, 1.165) is 0 Å². The van der Waals surface area contributed by atoms with E-state index >= 15 is 0 Å². The van der Waals surface area contributed by atoms with Crippen molar-refractivity contribution in [3.05, 3.63) is 47.0 Å². The molecule has 0 spiro atoms. The van der Waals surface area contributed by atoms with E-state index in [2.05, 4.69) is 6.07 Å². The Balaban J connectivity index is 2.11. The van der Waals surface area contributed by atoms with Crippen molar-refractivity contribution in [1.29, 1.82) is 5.26 Å². The van der Waals surface area contributed by atoms with Gasteiger partial charge < -0.3 is 24.1 Å². The van der Waals surface area contributed by atoms with Crippen LogP contribution in [-0.4, -0.2) is 26.1 Å². The Labute approximate surface area is 139 Å². The van der Waals surface area contributed by atoms with Crippen LogP contribution in [0.5, 0.6) is 23.0 Å². The molecule has 6 nitrogen and oxygen atoms in total. The summed E-state index contributed by atoms with van der Waals surface area (Å²) >= 11 is 0. The Bertz CT molecular complexity index is 797. The standard InChI is InChI=1S/C18H17NO5/c1-21-14-6-3-11(7-8-19)16(18(14)22-2)17(20)12-4-5-13-15(9-12)24-10-23-13/h3-6,9,17,20H,7,10H2,1-2H3. The molecule has 0 radical (unpaired) electrons. The first kappa shape index (κ1) is 16.0. The molecular weight excluding hydrogens is 310 g/mol. The smallest absolute Gasteiger partial charge is 0.231 e. The van der Waals surface area contributed by atoms with Gasteiger partial charge in [-0.25, -0.2) is 0 Å². The van der Waals surface area contributed by atoms with Crippen LogP contribution in [0.15, 0.2) is 30.3 Å². The van der Waals surface area contributed by atoms with Gasteiger partial charge in [0, 0.05) is 5.56 Å². The molecule has 1 aliphatic rings. The molecule has 24 heavy (non-hydrogen) atoms. The summed E-state index contributed by atoms with van der Waals surface area (Å²) in [5, 5.41) is 20.0. The van der Waals surface area contributed by atoms with Crippen LogP contribution in [0, 0.1) is 11.3 Å². The van der Waals surface area contributed by atoms with Gasteiger partial charge in [0.05, 0.1) is 26.7 Å². The van der Waals surface area contributed by atoms with Crippen molar-refractivity contribution in [2.45, 2.75) is 12.5 Å². The number of hydrogen-bond acceptors (Lipinski definition) is 6. The van der Waals surface area contributed by atoms with Crippen molar-refractivity contribution in [2.75, 3.05) is 21.0 Å². The molecule has 6 heteroatoms. The van der Waals surface area contributed by atoms with Crippen molar-refractivity contribution >= 4 is 0 Å². The molecule has 1 aliphatic heterocycles. The quantitative estimate of drug-likeness (QED) is 0.909. The van der Waals surface area contributed by atoms with Gasteiger partial charge in [-0.2, -0.15) is 5.26 Å². The second-order valence-corrected chi connectivity index (χ2v) is 5.22. The van der Waals surface area contributed by atoms with E-state index in [0.29, 0.717) is 39.7 Å². The maximum absolute atomic E-state index is 10.9. The third-order valence-corrected chi connectivity index (χ3v) is 3.93. The number of aliphatic hydroxyl groups excluding tert-OH is 1. The highest BCUT2D eigenvalue weighted by Gasteiger charge is 2.25. The van der Waals surface area contributed by atoms with Crippen LogP contribution in [-0.2, 0) is 6.42 Å². The van der Waals surface area contributed by atoms with E-state index in [1.54, 1.807) is 30.3 Å². The summed E-state index contributed by atoms with van der Waals surface area (Å²) in [6.45, 7) is 0.164. The average molecular weight is 327 g/mol. The largest absolute Gasteiger partial charge is 0.493 e. The lowest BCUT2D eigenvalue weighted by Crippen LogP contribution is -2.08. The van der Waals surface area contributed by atoms with E-state index < -0.39 is 6.10 Å². The Hall–Kier alpha value is -2.91. The molecule has 1 heterocycles. The number of nitrogens with zero attached hydrogens (tertiary/aromatic N) is 1. The van der Waals surface area contributed by atoms with Gasteiger partial charge in [0.25, 0.3) is 0 Å². The fourth-order valence-electron chi connectivity index (χ4n) is 2.78. The summed E-state index contributed by atoms with van der Waals surface area (Å²) in [4.78, 5) is 0. The fourth-order valence-corrected chi connectivity index (χ4v) is 2.78. The molecule has 0 aromatic heterocycles. The molecule has 3 rings (SSSR count). The minimum absolute atomic E-state index is 0.150. The van der Waals surface area contributed by atoms with Crippen LogP contribution < -0.4 is 18.9 Å². The second kappa shape index (κ2) is 6.69. The van der Waals surface area contributed by atoms with Gasteiger partial charge in [0.2, 0.25) is 6.79 Å². The molecule has 2 aromatic carbocycles. The van der Waals surface area contributed by atoms with Gasteiger partial charge in [-0.3, -0.25) is 0 Å². The minimum Gasteiger partial charge on any atom is -0.493 e. The number of aliphatic hydroxyl groups is 1. The van der Waals surface area contributed by atoms with E-state index in [-0.39, 0.29) is 13.2 Å². The molecule has 0 amide bonds. The zero-order valence-electron chi connectivity index (χ0n) is 13.4. The lowest BCUT2D eigenvalue weighted by atomic mass is 9.93. The average Bonchev–Trinajstić information content (AvgIpc) is 3.08. The van der Waals surface area contributed by atoms with E-state index in [1.807, 2.05) is 0 Å². The fraction of sp³-hybridized carbons (Fsp3) is 0.278. The molecule has 1 atom stereocenters. The lowest BCUT2D eigenvalue weighted by Gasteiger charge is -2.20. The maximum Gasteiger partial charge on any atom is 0.231 e. The number of hydrogen-bond donors (Lipinski definition) is 1. The van der Waals surface area contributed by atoms with Crippen LogP contribution in [0.3, 0.4) is 0 Å². The predicted molar refractivity (Wildman–Crippen MR) is 85.5 cm³/mol. The number of ether oxygens (including phenoxy) is 4. The number of fused-ring (bicyclic) bond motifs is 1. The van der Waals surface area contributed by atoms with Gasteiger partial charge in [-0.15, -0.1) is 0 Å². The normalized spacial score (nSPS) is 13.2. The zero-order chi connectivity index (χ0) is 17.1. The Morgan fingerprint density at radius 3 is 2.67 bits per heavy atom. The van der Waals surface area contributed by atoms with Crippen LogP contribution >= 0.6 is 0 Å². The first-order valence-corrected chi connectivity index (χ1v) is 7.38. The molecule has 0 saturated heterocycles. The topological polar surface area (TPSA) is 80.9 Å². The summed E-state index contributed by atoms with van der Waals surface area (Å²) in [5.74, 6) is 2.13. The first-order valence-electron chi connectivity index (χ1n) is 7.38. The highest BCUT2D eigenvalue weighted by atomic mass is 16.7. The van der Waals surface area contributed by atoms with Gasteiger partial charge in [0.1, 0.15) is 6.10 Å². The van der Waals surface area contributed by atoms with Crippen LogP contribution in [0.4, 0.5) is 0 Å². The van der Waals surface area contributed by atoms with Crippen LogP contribution in [0.2, 0.25) is 0 Å². The summed E-state index contributed by atoms with van der Waals surface area (Å²) in [6.07, 6.45) is -0.843. The van der Waals surface area contributed by atoms with Crippen molar-refractivity contribution in [3.8, 4) is 29.1 Å². The molecule has 0 bridgehead atoms. The monoisotopic (exact) mass is 327 g/mol. The maximum atomic E-state index is 10.9. The molecule has 0 saturated carbocycles. The van der Waals surface area contributed by atoms with Gasteiger partial charge in [0.15, 0.2) is 23.0 Å². The molecule has 0 aliphatic carbocycles. The van der Waals surface area contributed by atoms with Gasteiger partial charge in [-0.1, -0.05) is 12.1 Å².